The minimum absolute atomic E-state index is 0.0248. The first-order valence-corrected chi connectivity index (χ1v) is 6.30. The van der Waals surface area contributed by atoms with Gasteiger partial charge in [-0.3, -0.25) is 10.1 Å². The Kier molecular flexibility index (Phi) is 3.00. The van der Waals surface area contributed by atoms with E-state index in [0.717, 1.165) is 10.9 Å². The minimum Gasteiger partial charge on any atom is -0.339 e. The molecule has 1 N–H and O–H groups in total. The fourth-order valence-corrected chi connectivity index (χ4v) is 2.27. The lowest BCUT2D eigenvalue weighted by Crippen LogP contribution is -1.93. The molecular formula is C14H9N3O2S. The van der Waals surface area contributed by atoms with Crippen LogP contribution in [0.15, 0.2) is 48.5 Å². The highest BCUT2D eigenvalue weighted by molar-refractivity contribution is 7.71. The van der Waals surface area contributed by atoms with Crippen LogP contribution in [0.4, 0.5) is 5.69 Å². The van der Waals surface area contributed by atoms with Crippen molar-refractivity contribution in [1.82, 2.24) is 9.97 Å². The largest absolute Gasteiger partial charge is 0.339 e. The van der Waals surface area contributed by atoms with Crippen LogP contribution < -0.4 is 0 Å². The summed E-state index contributed by atoms with van der Waals surface area (Å²) < 4.78 is 0.473. The number of non-ortho nitro benzene ring substituents is 1. The molecule has 0 unspecified atom stereocenters. The molecule has 0 spiro atoms. The maximum absolute atomic E-state index is 10.8. The second-order valence-corrected chi connectivity index (χ2v) is 4.63. The molecule has 0 amide bonds. The van der Waals surface area contributed by atoms with Crippen molar-refractivity contribution < 1.29 is 4.92 Å². The van der Waals surface area contributed by atoms with Crippen molar-refractivity contribution in [2.24, 2.45) is 0 Å². The van der Waals surface area contributed by atoms with Gasteiger partial charge >= 0.3 is 0 Å². The molecule has 1 aromatic heterocycles. The molecular weight excluding hydrogens is 274 g/mol. The number of rotatable bonds is 2. The monoisotopic (exact) mass is 283 g/mol. The lowest BCUT2D eigenvalue weighted by atomic mass is 10.1. The molecule has 0 aliphatic heterocycles. The minimum atomic E-state index is -0.431. The highest BCUT2D eigenvalue weighted by Gasteiger charge is 2.09. The van der Waals surface area contributed by atoms with Gasteiger partial charge in [0.25, 0.3) is 5.69 Å². The topological polar surface area (TPSA) is 71.8 Å². The van der Waals surface area contributed by atoms with E-state index in [9.17, 15) is 10.1 Å². The van der Waals surface area contributed by atoms with Gasteiger partial charge in [0.15, 0.2) is 0 Å². The Hall–Kier alpha value is -2.60. The maximum atomic E-state index is 10.8. The van der Waals surface area contributed by atoms with Gasteiger partial charge < -0.3 is 4.98 Å². The molecule has 20 heavy (non-hydrogen) atoms. The van der Waals surface area contributed by atoms with E-state index in [0.29, 0.717) is 16.0 Å². The molecule has 0 atom stereocenters. The summed E-state index contributed by atoms with van der Waals surface area (Å²) in [5.41, 5.74) is 1.52. The van der Waals surface area contributed by atoms with Gasteiger partial charge in [-0.15, -0.1) is 0 Å². The Balaban J connectivity index is 2.22. The van der Waals surface area contributed by atoms with Crippen molar-refractivity contribution in [3.05, 3.63) is 63.3 Å². The van der Waals surface area contributed by atoms with Crippen molar-refractivity contribution in [1.29, 1.82) is 0 Å². The summed E-state index contributed by atoms with van der Waals surface area (Å²) in [6.07, 6.45) is 0. The predicted octanol–water partition coefficient (Wildman–Crippen LogP) is 3.87. The van der Waals surface area contributed by atoms with Crippen LogP contribution in [0.5, 0.6) is 0 Å². The van der Waals surface area contributed by atoms with E-state index in [-0.39, 0.29) is 5.69 Å². The average molecular weight is 283 g/mol. The molecule has 0 aliphatic rings. The van der Waals surface area contributed by atoms with Gasteiger partial charge in [0, 0.05) is 28.6 Å². The number of nitro benzene ring substituents is 1. The average Bonchev–Trinajstić information content (AvgIpc) is 2.47. The fraction of sp³-hybridized carbons (Fsp3) is 0. The first-order chi connectivity index (χ1) is 9.65. The second kappa shape index (κ2) is 4.82. The van der Waals surface area contributed by atoms with Crippen molar-refractivity contribution >= 4 is 28.8 Å². The van der Waals surface area contributed by atoms with Gasteiger partial charge in [-0.1, -0.05) is 36.5 Å². The zero-order chi connectivity index (χ0) is 14.1. The van der Waals surface area contributed by atoms with Crippen LogP contribution in [0.1, 0.15) is 0 Å². The number of nitrogens with one attached hydrogen (secondary N) is 1. The Morgan fingerprint density at radius 2 is 1.95 bits per heavy atom. The van der Waals surface area contributed by atoms with Crippen LogP contribution in [0.2, 0.25) is 0 Å². The molecule has 0 radical (unpaired) electrons. The quantitative estimate of drug-likeness (QED) is 0.440. The smallest absolute Gasteiger partial charge is 0.270 e. The number of hydrogen-bond acceptors (Lipinski definition) is 4. The molecule has 5 nitrogen and oxygen atoms in total. The van der Waals surface area contributed by atoms with Crippen molar-refractivity contribution in [2.45, 2.75) is 0 Å². The van der Waals surface area contributed by atoms with Crippen LogP contribution in [0.3, 0.4) is 0 Å². The third kappa shape index (κ3) is 2.17. The van der Waals surface area contributed by atoms with E-state index >= 15 is 0 Å². The van der Waals surface area contributed by atoms with Crippen LogP contribution >= 0.6 is 12.2 Å². The van der Waals surface area contributed by atoms with Gasteiger partial charge in [0.1, 0.15) is 10.5 Å². The van der Waals surface area contributed by atoms with Crippen molar-refractivity contribution in [3.8, 4) is 11.4 Å². The number of benzene rings is 2. The molecule has 0 aliphatic carbocycles. The number of aromatic nitrogens is 2. The van der Waals surface area contributed by atoms with Gasteiger partial charge in [-0.25, -0.2) is 4.98 Å². The Morgan fingerprint density at radius 3 is 2.75 bits per heavy atom. The maximum Gasteiger partial charge on any atom is 0.270 e. The Bertz CT molecular complexity index is 873. The number of aromatic amines is 1. The van der Waals surface area contributed by atoms with Crippen LogP contribution in [0.25, 0.3) is 22.3 Å². The first kappa shape index (κ1) is 12.4. The van der Waals surface area contributed by atoms with E-state index in [1.807, 2.05) is 24.3 Å². The van der Waals surface area contributed by atoms with Crippen molar-refractivity contribution in [3.63, 3.8) is 0 Å². The molecule has 0 bridgehead atoms. The summed E-state index contributed by atoms with van der Waals surface area (Å²) >= 11 is 5.26. The highest BCUT2D eigenvalue weighted by Crippen LogP contribution is 2.23. The van der Waals surface area contributed by atoms with Gasteiger partial charge in [0.2, 0.25) is 0 Å². The highest BCUT2D eigenvalue weighted by atomic mass is 32.1. The van der Waals surface area contributed by atoms with Crippen LogP contribution in [0, 0.1) is 14.8 Å². The van der Waals surface area contributed by atoms with E-state index in [4.69, 9.17) is 12.2 Å². The molecule has 3 aromatic rings. The van der Waals surface area contributed by atoms with Crippen molar-refractivity contribution in [2.75, 3.05) is 0 Å². The predicted molar refractivity (Wildman–Crippen MR) is 79.0 cm³/mol. The lowest BCUT2D eigenvalue weighted by Gasteiger charge is -2.04. The summed E-state index contributed by atoms with van der Waals surface area (Å²) in [6.45, 7) is 0. The molecule has 1 heterocycles. The molecule has 0 saturated heterocycles. The number of hydrogen-bond donors (Lipinski definition) is 1. The van der Waals surface area contributed by atoms with Gasteiger partial charge in [0.05, 0.1) is 4.92 Å². The lowest BCUT2D eigenvalue weighted by molar-refractivity contribution is -0.384. The standard InChI is InChI=1S/C14H9N3O2S/c18-17(19)10-5-3-4-9(8-10)13-15-12-7-2-1-6-11(12)14(20)16-13/h1-8H,(H,15,16,20). The number of H-pyrrole nitrogens is 1. The summed E-state index contributed by atoms with van der Waals surface area (Å²) in [4.78, 5) is 17.8. The Labute approximate surface area is 119 Å². The summed E-state index contributed by atoms with van der Waals surface area (Å²) in [6, 6.07) is 13.9. The zero-order valence-corrected chi connectivity index (χ0v) is 11.1. The molecule has 2 aromatic carbocycles. The number of para-hydroxylation sites is 1. The van der Waals surface area contributed by atoms with E-state index < -0.39 is 4.92 Å². The second-order valence-electron chi connectivity index (χ2n) is 4.24. The number of nitrogens with zero attached hydrogens (tertiary/aromatic N) is 2. The molecule has 98 valence electrons. The van der Waals surface area contributed by atoms with E-state index in [2.05, 4.69) is 9.97 Å². The summed E-state index contributed by atoms with van der Waals surface area (Å²) in [7, 11) is 0. The molecule has 6 heteroatoms. The normalized spacial score (nSPS) is 10.6. The molecule has 0 fully saturated rings. The van der Waals surface area contributed by atoms with Gasteiger partial charge in [-0.05, 0) is 12.1 Å². The third-order valence-electron chi connectivity index (χ3n) is 2.95. The Morgan fingerprint density at radius 1 is 1.15 bits per heavy atom. The first-order valence-electron chi connectivity index (χ1n) is 5.89. The van der Waals surface area contributed by atoms with Crippen LogP contribution in [-0.2, 0) is 0 Å². The number of fused-ring (bicyclic) bond motifs is 1. The van der Waals surface area contributed by atoms with Gasteiger partial charge in [-0.2, -0.15) is 0 Å². The molecule has 0 saturated carbocycles. The summed E-state index contributed by atoms with van der Waals surface area (Å²) in [5, 5.41) is 11.7. The van der Waals surface area contributed by atoms with Crippen LogP contribution in [-0.4, -0.2) is 14.9 Å². The number of nitro groups is 1. The fourth-order valence-electron chi connectivity index (χ4n) is 2.00. The van der Waals surface area contributed by atoms with E-state index in [1.165, 1.54) is 12.1 Å². The summed E-state index contributed by atoms with van der Waals surface area (Å²) in [5.74, 6) is 0.525. The zero-order valence-electron chi connectivity index (χ0n) is 10.2. The molecule has 3 rings (SSSR count). The SMILES string of the molecule is O=[N+]([O-])c1cccc(-c2nc(=S)c3ccccc3[nH]2)c1. The van der Waals surface area contributed by atoms with E-state index in [1.54, 1.807) is 12.1 Å². The third-order valence-corrected chi connectivity index (χ3v) is 3.27.